The minimum Gasteiger partial charge on any atom is -0.465 e. The molecular weight excluding hydrogens is 504 g/mol. The van der Waals surface area contributed by atoms with Crippen LogP contribution in [0.1, 0.15) is 40.3 Å². The third-order valence-corrected chi connectivity index (χ3v) is 8.34. The van der Waals surface area contributed by atoms with Gasteiger partial charge >= 0.3 is 5.97 Å². The van der Waals surface area contributed by atoms with Crippen LogP contribution in [-0.4, -0.2) is 37.0 Å². The Balaban J connectivity index is 1.29. The Hall–Kier alpha value is -3.74. The summed E-state index contributed by atoms with van der Waals surface area (Å²) in [6.45, 7) is 3.89. The summed E-state index contributed by atoms with van der Waals surface area (Å²) in [6, 6.07) is 32.7. The van der Waals surface area contributed by atoms with E-state index in [1.54, 1.807) is 11.3 Å². The van der Waals surface area contributed by atoms with Crippen LogP contribution in [-0.2, 0) is 27.4 Å². The van der Waals surface area contributed by atoms with E-state index in [1.165, 1.54) is 5.56 Å². The third-order valence-electron chi connectivity index (χ3n) is 7.21. The van der Waals surface area contributed by atoms with Gasteiger partial charge in [0.2, 0.25) is 6.41 Å². The van der Waals surface area contributed by atoms with Gasteiger partial charge in [0.15, 0.2) is 0 Å². The minimum atomic E-state index is -0.494. The molecule has 1 aliphatic rings. The van der Waals surface area contributed by atoms with Gasteiger partial charge in [0.1, 0.15) is 5.92 Å². The molecule has 1 aromatic heterocycles. The van der Waals surface area contributed by atoms with Crippen LogP contribution in [0.3, 0.4) is 0 Å². The van der Waals surface area contributed by atoms with Crippen molar-refractivity contribution in [3.63, 3.8) is 0 Å². The summed E-state index contributed by atoms with van der Waals surface area (Å²) in [5.41, 5.74) is 4.21. The van der Waals surface area contributed by atoms with Gasteiger partial charge in [0.25, 0.3) is 0 Å². The van der Waals surface area contributed by atoms with Crippen molar-refractivity contribution in [2.75, 3.05) is 19.7 Å². The fourth-order valence-electron chi connectivity index (χ4n) is 5.31. The number of hydrogen-bond donors (Lipinski definition) is 1. The molecule has 200 valence electrons. The van der Waals surface area contributed by atoms with E-state index in [2.05, 4.69) is 52.7 Å². The van der Waals surface area contributed by atoms with Crippen LogP contribution in [0.15, 0.2) is 97.1 Å². The molecule has 4 aromatic rings. The first-order chi connectivity index (χ1) is 19.2. The SMILES string of the molecule is O=CNCc1ccc(-c2cccc(C(C(=O)OCC3CCCN(Cc4ccccc4)C3)c3ccccc3)c2)s1. The minimum absolute atomic E-state index is 0.208. The molecule has 1 N–H and O–H groups in total. The van der Waals surface area contributed by atoms with Crippen molar-refractivity contribution in [1.29, 1.82) is 0 Å². The van der Waals surface area contributed by atoms with Crippen molar-refractivity contribution in [3.8, 4) is 10.4 Å². The second kappa shape index (κ2) is 13.4. The molecule has 1 saturated heterocycles. The van der Waals surface area contributed by atoms with Crippen LogP contribution >= 0.6 is 11.3 Å². The lowest BCUT2D eigenvalue weighted by Gasteiger charge is -2.32. The lowest BCUT2D eigenvalue weighted by atomic mass is 9.90. The predicted octanol–water partition coefficient (Wildman–Crippen LogP) is 6.25. The maximum absolute atomic E-state index is 13.7. The van der Waals surface area contributed by atoms with E-state index in [4.69, 9.17) is 4.74 Å². The van der Waals surface area contributed by atoms with E-state index in [1.807, 2.05) is 54.6 Å². The van der Waals surface area contributed by atoms with Crippen LogP contribution < -0.4 is 5.32 Å². The molecule has 0 spiro atoms. The fraction of sp³-hybridized carbons (Fsp3) is 0.273. The highest BCUT2D eigenvalue weighted by molar-refractivity contribution is 7.15. The number of likely N-dealkylation sites (tertiary alicyclic amines) is 1. The topological polar surface area (TPSA) is 58.6 Å². The number of hydrogen-bond acceptors (Lipinski definition) is 5. The number of ether oxygens (including phenoxy) is 1. The number of carbonyl (C=O) groups is 2. The van der Waals surface area contributed by atoms with E-state index in [9.17, 15) is 9.59 Å². The molecule has 1 fully saturated rings. The predicted molar refractivity (Wildman–Crippen MR) is 156 cm³/mol. The molecule has 5 nitrogen and oxygen atoms in total. The van der Waals surface area contributed by atoms with Crippen molar-refractivity contribution in [2.24, 2.45) is 5.92 Å². The number of piperidine rings is 1. The molecule has 0 aliphatic carbocycles. The van der Waals surface area contributed by atoms with Crippen molar-refractivity contribution in [3.05, 3.63) is 119 Å². The average molecular weight is 539 g/mol. The number of carbonyl (C=O) groups excluding carboxylic acids is 2. The molecule has 0 radical (unpaired) electrons. The first-order valence-electron chi connectivity index (χ1n) is 13.5. The highest BCUT2D eigenvalue weighted by Gasteiger charge is 2.27. The average Bonchev–Trinajstić information content (AvgIpc) is 3.46. The molecule has 5 rings (SSSR count). The zero-order valence-corrected chi connectivity index (χ0v) is 22.8. The molecule has 1 aliphatic heterocycles. The van der Waals surface area contributed by atoms with Crippen LogP contribution in [0.2, 0.25) is 0 Å². The number of nitrogens with one attached hydrogen (secondary N) is 1. The number of esters is 1. The lowest BCUT2D eigenvalue weighted by Crippen LogP contribution is -2.37. The highest BCUT2D eigenvalue weighted by Crippen LogP contribution is 2.33. The Bertz CT molecular complexity index is 1360. The van der Waals surface area contributed by atoms with Gasteiger partial charge in [-0.3, -0.25) is 14.5 Å². The first kappa shape index (κ1) is 26.9. The Morgan fingerprint density at radius 2 is 1.74 bits per heavy atom. The Kier molecular flexibility index (Phi) is 9.20. The van der Waals surface area contributed by atoms with Crippen molar-refractivity contribution >= 4 is 23.7 Å². The van der Waals surface area contributed by atoms with Gasteiger partial charge in [0, 0.05) is 28.8 Å². The van der Waals surface area contributed by atoms with Gasteiger partial charge in [-0.15, -0.1) is 11.3 Å². The van der Waals surface area contributed by atoms with Crippen LogP contribution in [0, 0.1) is 5.92 Å². The van der Waals surface area contributed by atoms with Gasteiger partial charge in [-0.05, 0) is 59.8 Å². The van der Waals surface area contributed by atoms with Crippen molar-refractivity contribution in [2.45, 2.75) is 31.8 Å². The van der Waals surface area contributed by atoms with Crippen molar-refractivity contribution in [1.82, 2.24) is 10.2 Å². The molecule has 0 bridgehead atoms. The smallest absolute Gasteiger partial charge is 0.317 e. The molecule has 1 amide bonds. The normalized spacial score (nSPS) is 16.4. The molecule has 0 saturated carbocycles. The van der Waals surface area contributed by atoms with E-state index in [0.717, 1.165) is 58.9 Å². The Morgan fingerprint density at radius 1 is 0.974 bits per heavy atom. The van der Waals surface area contributed by atoms with E-state index < -0.39 is 5.92 Å². The molecule has 6 heteroatoms. The van der Waals surface area contributed by atoms with Gasteiger partial charge in [-0.1, -0.05) is 78.9 Å². The number of nitrogens with zero attached hydrogens (tertiary/aromatic N) is 1. The second-order valence-electron chi connectivity index (χ2n) is 10.1. The van der Waals surface area contributed by atoms with Crippen LogP contribution in [0.25, 0.3) is 10.4 Å². The Labute approximate surface area is 234 Å². The number of thiophene rings is 1. The fourth-order valence-corrected chi connectivity index (χ4v) is 6.26. The summed E-state index contributed by atoms with van der Waals surface area (Å²) in [6.07, 6.45) is 2.90. The maximum atomic E-state index is 13.7. The summed E-state index contributed by atoms with van der Waals surface area (Å²) >= 11 is 1.64. The molecule has 2 unspecified atom stereocenters. The Morgan fingerprint density at radius 3 is 2.54 bits per heavy atom. The maximum Gasteiger partial charge on any atom is 0.317 e. The summed E-state index contributed by atoms with van der Waals surface area (Å²) in [7, 11) is 0. The first-order valence-corrected chi connectivity index (χ1v) is 14.3. The van der Waals surface area contributed by atoms with Gasteiger partial charge in [-0.25, -0.2) is 0 Å². The van der Waals surface area contributed by atoms with Crippen LogP contribution in [0.5, 0.6) is 0 Å². The summed E-state index contributed by atoms with van der Waals surface area (Å²) in [5, 5.41) is 2.72. The summed E-state index contributed by atoms with van der Waals surface area (Å²) in [5.74, 6) is -0.370. The van der Waals surface area contributed by atoms with Crippen LogP contribution in [0.4, 0.5) is 0 Å². The highest BCUT2D eigenvalue weighted by atomic mass is 32.1. The lowest BCUT2D eigenvalue weighted by molar-refractivity contribution is -0.146. The zero-order chi connectivity index (χ0) is 26.9. The van der Waals surface area contributed by atoms with Gasteiger partial charge in [-0.2, -0.15) is 0 Å². The van der Waals surface area contributed by atoms with E-state index >= 15 is 0 Å². The van der Waals surface area contributed by atoms with E-state index in [-0.39, 0.29) is 5.97 Å². The third kappa shape index (κ3) is 7.22. The molecular formula is C33H34N2O3S. The second-order valence-corrected chi connectivity index (χ2v) is 11.3. The quantitative estimate of drug-likeness (QED) is 0.181. The number of amides is 1. The van der Waals surface area contributed by atoms with E-state index in [0.29, 0.717) is 25.5 Å². The summed E-state index contributed by atoms with van der Waals surface area (Å²) in [4.78, 5) is 29.0. The van der Waals surface area contributed by atoms with Gasteiger partial charge < -0.3 is 10.1 Å². The largest absolute Gasteiger partial charge is 0.465 e. The zero-order valence-electron chi connectivity index (χ0n) is 22.0. The molecule has 39 heavy (non-hydrogen) atoms. The monoisotopic (exact) mass is 538 g/mol. The standard InChI is InChI=1S/C33H34N2O3S/c36-24-34-20-30-16-17-31(39-30)28-14-7-15-29(19-28)32(27-12-5-2-6-13-27)33(37)38-23-26-11-8-18-35(22-26)21-25-9-3-1-4-10-25/h1-7,9-10,12-17,19,24,26,32H,8,11,18,20-23H2,(H,34,36). The molecule has 2 heterocycles. The number of benzene rings is 3. The number of rotatable bonds is 11. The van der Waals surface area contributed by atoms with Gasteiger partial charge in [0.05, 0.1) is 13.2 Å². The molecule has 2 atom stereocenters. The summed E-state index contributed by atoms with van der Waals surface area (Å²) < 4.78 is 6.04. The van der Waals surface area contributed by atoms with Crippen molar-refractivity contribution < 1.29 is 14.3 Å². The molecule has 3 aromatic carbocycles.